The average Bonchev–Trinajstić information content (AvgIpc) is 3.18. The highest BCUT2D eigenvalue weighted by Gasteiger charge is 2.10. The number of hydrogen-bond acceptors (Lipinski definition) is 5. The first-order valence-electron chi connectivity index (χ1n) is 8.24. The molecule has 0 saturated carbocycles. The van der Waals surface area contributed by atoms with Crippen LogP contribution in [0.2, 0.25) is 0 Å². The number of H-pyrrole nitrogens is 1. The first kappa shape index (κ1) is 16.8. The smallest absolute Gasteiger partial charge is 0.204 e. The zero-order valence-electron chi connectivity index (χ0n) is 14.2. The summed E-state index contributed by atoms with van der Waals surface area (Å²) in [6, 6.07) is 16.5. The van der Waals surface area contributed by atoms with Crippen molar-refractivity contribution in [2.45, 2.75) is 13.1 Å². The second-order valence-corrected chi connectivity index (χ2v) is 7.06. The van der Waals surface area contributed by atoms with Crippen LogP contribution in [0.5, 0.6) is 0 Å². The standard InChI is InChI=1S/C19H17BrN6/c1-26(11-14-4-2-6-18-16(14)5-3-9-21-18)12-15-10-13(7-8-17(15)20)19-22-24-25-23-19/h2-10H,11-12H2,1H3,(H,22,23,24,25). The number of pyridine rings is 1. The normalized spacial score (nSPS) is 11.3. The predicted octanol–water partition coefficient (Wildman–Crippen LogP) is 3.81. The Balaban J connectivity index is 1.56. The van der Waals surface area contributed by atoms with E-state index >= 15 is 0 Å². The minimum absolute atomic E-state index is 0.599. The molecule has 0 spiro atoms. The van der Waals surface area contributed by atoms with Gasteiger partial charge in [-0.2, -0.15) is 5.21 Å². The molecule has 0 fully saturated rings. The van der Waals surface area contributed by atoms with Crippen molar-refractivity contribution in [1.82, 2.24) is 30.5 Å². The minimum Gasteiger partial charge on any atom is -0.298 e. The van der Waals surface area contributed by atoms with Crippen LogP contribution in [0, 0.1) is 0 Å². The summed E-state index contributed by atoms with van der Waals surface area (Å²) in [6.07, 6.45) is 1.83. The van der Waals surface area contributed by atoms with Crippen LogP contribution in [0.3, 0.4) is 0 Å². The molecule has 1 N–H and O–H groups in total. The number of nitrogens with one attached hydrogen (secondary N) is 1. The quantitative estimate of drug-likeness (QED) is 0.543. The number of nitrogens with zero attached hydrogens (tertiary/aromatic N) is 5. The highest BCUT2D eigenvalue weighted by molar-refractivity contribution is 9.10. The van der Waals surface area contributed by atoms with Gasteiger partial charge in [0.05, 0.1) is 5.52 Å². The van der Waals surface area contributed by atoms with Gasteiger partial charge in [-0.25, -0.2) is 0 Å². The lowest BCUT2D eigenvalue weighted by molar-refractivity contribution is 0.319. The molecule has 2 aromatic heterocycles. The summed E-state index contributed by atoms with van der Waals surface area (Å²) in [6.45, 7) is 1.63. The lowest BCUT2D eigenvalue weighted by Crippen LogP contribution is -2.17. The fourth-order valence-electron chi connectivity index (χ4n) is 3.06. The van der Waals surface area contributed by atoms with E-state index in [1.54, 1.807) is 0 Å². The number of fused-ring (bicyclic) bond motifs is 1. The number of rotatable bonds is 5. The highest BCUT2D eigenvalue weighted by Crippen LogP contribution is 2.25. The van der Waals surface area contributed by atoms with Gasteiger partial charge in [0.1, 0.15) is 0 Å². The number of benzene rings is 2. The van der Waals surface area contributed by atoms with E-state index in [1.165, 1.54) is 16.5 Å². The van der Waals surface area contributed by atoms with E-state index < -0.39 is 0 Å². The van der Waals surface area contributed by atoms with E-state index in [-0.39, 0.29) is 0 Å². The lowest BCUT2D eigenvalue weighted by atomic mass is 10.1. The lowest BCUT2D eigenvalue weighted by Gasteiger charge is -2.19. The molecule has 7 heteroatoms. The molecule has 4 aromatic rings. The third kappa shape index (κ3) is 3.49. The zero-order chi connectivity index (χ0) is 17.9. The topological polar surface area (TPSA) is 70.6 Å². The van der Waals surface area contributed by atoms with Gasteiger partial charge in [0, 0.05) is 34.7 Å². The molecule has 4 rings (SSSR count). The molecule has 0 unspecified atom stereocenters. The zero-order valence-corrected chi connectivity index (χ0v) is 15.8. The maximum absolute atomic E-state index is 4.44. The van der Waals surface area contributed by atoms with Gasteiger partial charge in [-0.05, 0) is 53.7 Å². The Kier molecular flexibility index (Phi) is 4.73. The van der Waals surface area contributed by atoms with Crippen LogP contribution in [0.15, 0.2) is 59.2 Å². The van der Waals surface area contributed by atoms with E-state index in [4.69, 9.17) is 0 Å². The Hall–Kier alpha value is -2.64. The van der Waals surface area contributed by atoms with Crippen molar-refractivity contribution in [1.29, 1.82) is 0 Å². The molecular formula is C19H17BrN6. The van der Waals surface area contributed by atoms with Crippen LogP contribution in [0.25, 0.3) is 22.3 Å². The fourth-order valence-corrected chi connectivity index (χ4v) is 3.43. The Morgan fingerprint density at radius 1 is 1.04 bits per heavy atom. The third-order valence-corrected chi connectivity index (χ3v) is 5.04. The summed E-state index contributed by atoms with van der Waals surface area (Å²) in [4.78, 5) is 6.72. The molecule has 0 aliphatic rings. The van der Waals surface area contributed by atoms with Crippen LogP contribution >= 0.6 is 15.9 Å². The Morgan fingerprint density at radius 3 is 2.77 bits per heavy atom. The number of tetrazole rings is 1. The Labute approximate surface area is 159 Å². The predicted molar refractivity (Wildman–Crippen MR) is 104 cm³/mol. The largest absolute Gasteiger partial charge is 0.298 e. The maximum atomic E-state index is 4.44. The van der Waals surface area contributed by atoms with Crippen molar-refractivity contribution in [3.63, 3.8) is 0 Å². The summed E-state index contributed by atoms with van der Waals surface area (Å²) >= 11 is 3.65. The van der Waals surface area contributed by atoms with Crippen molar-refractivity contribution >= 4 is 26.8 Å². The van der Waals surface area contributed by atoms with Gasteiger partial charge in [0.25, 0.3) is 0 Å². The summed E-state index contributed by atoms with van der Waals surface area (Å²) in [7, 11) is 2.11. The average molecular weight is 409 g/mol. The monoisotopic (exact) mass is 408 g/mol. The molecular weight excluding hydrogens is 392 g/mol. The molecule has 0 radical (unpaired) electrons. The molecule has 2 aromatic carbocycles. The molecule has 2 heterocycles. The number of halogens is 1. The minimum atomic E-state index is 0.599. The van der Waals surface area contributed by atoms with E-state index in [0.29, 0.717) is 5.82 Å². The first-order chi connectivity index (χ1) is 12.7. The highest BCUT2D eigenvalue weighted by atomic mass is 79.9. The number of aromatic amines is 1. The molecule has 6 nitrogen and oxygen atoms in total. The maximum Gasteiger partial charge on any atom is 0.204 e. The summed E-state index contributed by atoms with van der Waals surface area (Å²) in [5.74, 6) is 0.599. The molecule has 0 amide bonds. The molecule has 0 saturated heterocycles. The van der Waals surface area contributed by atoms with Crippen LogP contribution in [0.4, 0.5) is 0 Å². The van der Waals surface area contributed by atoms with Crippen molar-refractivity contribution in [2.75, 3.05) is 7.05 Å². The summed E-state index contributed by atoms with van der Waals surface area (Å²) in [5, 5.41) is 15.4. The second-order valence-electron chi connectivity index (χ2n) is 6.20. The van der Waals surface area contributed by atoms with Gasteiger partial charge < -0.3 is 0 Å². The van der Waals surface area contributed by atoms with Crippen LogP contribution < -0.4 is 0 Å². The van der Waals surface area contributed by atoms with Gasteiger partial charge in [0.2, 0.25) is 5.82 Å². The van der Waals surface area contributed by atoms with Gasteiger partial charge >= 0.3 is 0 Å². The van der Waals surface area contributed by atoms with Gasteiger partial charge in [-0.1, -0.05) is 34.1 Å². The Morgan fingerprint density at radius 2 is 1.92 bits per heavy atom. The molecule has 130 valence electrons. The van der Waals surface area contributed by atoms with Crippen LogP contribution in [-0.4, -0.2) is 37.6 Å². The number of hydrogen-bond donors (Lipinski definition) is 1. The van der Waals surface area contributed by atoms with E-state index in [2.05, 4.69) is 77.8 Å². The van der Waals surface area contributed by atoms with Crippen molar-refractivity contribution in [2.24, 2.45) is 0 Å². The van der Waals surface area contributed by atoms with Gasteiger partial charge in [-0.15, -0.1) is 10.2 Å². The second kappa shape index (κ2) is 7.31. The van der Waals surface area contributed by atoms with E-state index in [0.717, 1.165) is 28.6 Å². The molecule has 0 atom stereocenters. The van der Waals surface area contributed by atoms with Gasteiger partial charge in [-0.3, -0.25) is 9.88 Å². The molecule has 0 aliphatic heterocycles. The molecule has 0 aliphatic carbocycles. The molecule has 26 heavy (non-hydrogen) atoms. The van der Waals surface area contributed by atoms with Crippen molar-refractivity contribution in [3.05, 3.63) is 70.3 Å². The SMILES string of the molecule is CN(Cc1cc(-c2nn[nH]n2)ccc1Br)Cc1cccc2ncccc12. The Bertz CT molecular complexity index is 1030. The van der Waals surface area contributed by atoms with E-state index in [9.17, 15) is 0 Å². The van der Waals surface area contributed by atoms with Crippen LogP contribution in [-0.2, 0) is 13.1 Å². The summed E-state index contributed by atoms with van der Waals surface area (Å²) < 4.78 is 1.07. The fraction of sp³-hybridized carbons (Fsp3) is 0.158. The molecule has 0 bridgehead atoms. The third-order valence-electron chi connectivity index (χ3n) is 4.27. The summed E-state index contributed by atoms with van der Waals surface area (Å²) in [5.41, 5.74) is 4.41. The van der Waals surface area contributed by atoms with Gasteiger partial charge in [0.15, 0.2) is 0 Å². The first-order valence-corrected chi connectivity index (χ1v) is 9.03. The van der Waals surface area contributed by atoms with Crippen molar-refractivity contribution < 1.29 is 0 Å². The van der Waals surface area contributed by atoms with Crippen molar-refractivity contribution in [3.8, 4) is 11.4 Å². The number of aromatic nitrogens is 5. The van der Waals surface area contributed by atoms with E-state index in [1.807, 2.05) is 30.5 Å². The van der Waals surface area contributed by atoms with Crippen LogP contribution in [0.1, 0.15) is 11.1 Å².